The lowest BCUT2D eigenvalue weighted by atomic mass is 9.84. The minimum atomic E-state index is -0.625. The van der Waals surface area contributed by atoms with Gasteiger partial charge < -0.3 is 4.40 Å². The van der Waals surface area contributed by atoms with E-state index < -0.39 is 11.6 Å². The number of aromatic nitrogens is 4. The van der Waals surface area contributed by atoms with Crippen LogP contribution in [0.15, 0.2) is 54.9 Å². The minimum Gasteiger partial charge on any atom is -0.303 e. The normalized spacial score (nSPS) is 16.4. The molecule has 3 aromatic heterocycles. The fraction of sp³-hybridized carbons (Fsp3) is 0.190. The molecule has 0 amide bonds. The van der Waals surface area contributed by atoms with Gasteiger partial charge in [0.1, 0.15) is 17.3 Å². The van der Waals surface area contributed by atoms with Gasteiger partial charge in [0.25, 0.3) is 0 Å². The maximum absolute atomic E-state index is 14.1. The van der Waals surface area contributed by atoms with E-state index in [-0.39, 0.29) is 17.2 Å². The van der Waals surface area contributed by atoms with E-state index in [1.54, 1.807) is 12.3 Å². The van der Waals surface area contributed by atoms with Gasteiger partial charge in [-0.25, -0.2) is 13.8 Å². The minimum absolute atomic E-state index is 0.0821. The lowest BCUT2D eigenvalue weighted by Crippen LogP contribution is -2.17. The molecule has 6 heteroatoms. The highest BCUT2D eigenvalue weighted by Gasteiger charge is 2.27. The highest BCUT2D eigenvalue weighted by molar-refractivity contribution is 5.61. The summed E-state index contributed by atoms with van der Waals surface area (Å²) < 4.78 is 30.3. The van der Waals surface area contributed by atoms with Gasteiger partial charge in [-0.05, 0) is 55.2 Å². The van der Waals surface area contributed by atoms with Crippen LogP contribution in [0.2, 0.25) is 0 Å². The van der Waals surface area contributed by atoms with Crippen molar-refractivity contribution in [3.63, 3.8) is 0 Å². The first-order chi connectivity index (χ1) is 13.2. The number of rotatable bonds is 2. The largest absolute Gasteiger partial charge is 0.303 e. The number of hydrogen-bond acceptors (Lipinski definition) is 3. The van der Waals surface area contributed by atoms with Crippen molar-refractivity contribution in [1.82, 2.24) is 19.6 Å². The molecule has 0 fully saturated rings. The van der Waals surface area contributed by atoms with Crippen molar-refractivity contribution in [1.29, 1.82) is 0 Å². The molecule has 0 saturated heterocycles. The van der Waals surface area contributed by atoms with Crippen molar-refractivity contribution in [3.8, 4) is 11.3 Å². The fourth-order valence-electron chi connectivity index (χ4n) is 3.97. The SMILES string of the molecule is Fc1cccc(F)c1-c1cc2c(nn1)C(c1cccc3nccn13)CCC2. The lowest BCUT2D eigenvalue weighted by molar-refractivity contribution is 0.570. The fourth-order valence-corrected chi connectivity index (χ4v) is 3.97. The van der Waals surface area contributed by atoms with Crippen molar-refractivity contribution in [3.05, 3.63) is 83.4 Å². The van der Waals surface area contributed by atoms with E-state index in [9.17, 15) is 8.78 Å². The molecule has 4 nitrogen and oxygen atoms in total. The Hall–Kier alpha value is -3.15. The molecule has 1 aromatic carbocycles. The van der Waals surface area contributed by atoms with Crippen LogP contribution in [-0.4, -0.2) is 19.6 Å². The van der Waals surface area contributed by atoms with Crippen LogP contribution < -0.4 is 0 Å². The second kappa shape index (κ2) is 6.23. The number of imidazole rings is 1. The molecule has 27 heavy (non-hydrogen) atoms. The smallest absolute Gasteiger partial charge is 0.136 e. The van der Waals surface area contributed by atoms with E-state index >= 15 is 0 Å². The van der Waals surface area contributed by atoms with Gasteiger partial charge in [-0.2, -0.15) is 10.2 Å². The summed E-state index contributed by atoms with van der Waals surface area (Å²) in [6, 6.07) is 11.6. The number of pyridine rings is 1. The van der Waals surface area contributed by atoms with Crippen LogP contribution in [0.3, 0.4) is 0 Å². The van der Waals surface area contributed by atoms with Gasteiger partial charge in [-0.15, -0.1) is 0 Å². The van der Waals surface area contributed by atoms with Gasteiger partial charge in [-0.3, -0.25) is 0 Å². The molecule has 1 atom stereocenters. The molecule has 0 bridgehead atoms. The third-order valence-electron chi connectivity index (χ3n) is 5.21. The first-order valence-corrected chi connectivity index (χ1v) is 8.95. The summed E-state index contributed by atoms with van der Waals surface area (Å²) >= 11 is 0. The van der Waals surface area contributed by atoms with E-state index in [0.717, 1.165) is 41.9 Å². The number of halogens is 2. The summed E-state index contributed by atoms with van der Waals surface area (Å²) in [5.74, 6) is -1.17. The molecular formula is C21H16F2N4. The van der Waals surface area contributed by atoms with Gasteiger partial charge in [-0.1, -0.05) is 12.1 Å². The quantitative estimate of drug-likeness (QED) is 0.526. The summed E-state index contributed by atoms with van der Waals surface area (Å²) in [4.78, 5) is 4.35. The Balaban J connectivity index is 1.63. The van der Waals surface area contributed by atoms with Gasteiger partial charge in [0, 0.05) is 24.0 Å². The third-order valence-corrected chi connectivity index (χ3v) is 5.21. The van der Waals surface area contributed by atoms with Crippen LogP contribution in [-0.2, 0) is 6.42 Å². The molecule has 0 N–H and O–H groups in total. The predicted octanol–water partition coefficient (Wildman–Crippen LogP) is 4.54. The molecular weight excluding hydrogens is 346 g/mol. The van der Waals surface area contributed by atoms with Crippen LogP contribution in [0.5, 0.6) is 0 Å². The number of benzene rings is 1. The average molecular weight is 362 g/mol. The Kier molecular flexibility index (Phi) is 3.70. The van der Waals surface area contributed by atoms with E-state index in [0.29, 0.717) is 0 Å². The molecule has 0 aliphatic heterocycles. The van der Waals surface area contributed by atoms with Crippen molar-refractivity contribution < 1.29 is 8.78 Å². The molecule has 134 valence electrons. The number of nitrogens with zero attached hydrogens (tertiary/aromatic N) is 4. The van der Waals surface area contributed by atoms with Crippen LogP contribution in [0.1, 0.15) is 35.7 Å². The predicted molar refractivity (Wildman–Crippen MR) is 97.4 cm³/mol. The van der Waals surface area contributed by atoms with E-state index in [2.05, 4.69) is 25.6 Å². The van der Waals surface area contributed by atoms with Crippen molar-refractivity contribution in [2.45, 2.75) is 25.2 Å². The third kappa shape index (κ3) is 2.60. The molecule has 0 saturated carbocycles. The zero-order valence-corrected chi connectivity index (χ0v) is 14.4. The zero-order valence-electron chi connectivity index (χ0n) is 14.4. The van der Waals surface area contributed by atoms with Gasteiger partial charge in [0.15, 0.2) is 0 Å². The Morgan fingerprint density at radius 3 is 2.67 bits per heavy atom. The van der Waals surface area contributed by atoms with Gasteiger partial charge >= 0.3 is 0 Å². The molecule has 0 spiro atoms. The van der Waals surface area contributed by atoms with E-state index in [1.807, 2.05) is 18.3 Å². The lowest BCUT2D eigenvalue weighted by Gasteiger charge is -2.25. The standard InChI is InChI=1S/C21H16F2N4/c22-15-6-2-7-16(23)20(15)17-12-13-4-1-5-14(21(13)26-25-17)18-8-3-9-19-24-10-11-27(18)19/h2-3,6-12,14H,1,4-5H2. The summed E-state index contributed by atoms with van der Waals surface area (Å²) in [5, 5.41) is 8.58. The summed E-state index contributed by atoms with van der Waals surface area (Å²) in [7, 11) is 0. The number of hydrogen-bond donors (Lipinski definition) is 0. The Bertz CT molecular complexity index is 1130. The zero-order chi connectivity index (χ0) is 18.4. The summed E-state index contributed by atoms with van der Waals surface area (Å²) in [6.07, 6.45) is 6.47. The summed E-state index contributed by atoms with van der Waals surface area (Å²) in [5.41, 5.74) is 3.99. The second-order valence-electron chi connectivity index (χ2n) is 6.79. The molecule has 4 aromatic rings. The first-order valence-electron chi connectivity index (χ1n) is 8.95. The van der Waals surface area contributed by atoms with Crippen LogP contribution in [0.4, 0.5) is 8.78 Å². The highest BCUT2D eigenvalue weighted by Crippen LogP contribution is 2.37. The molecule has 1 aliphatic rings. The number of fused-ring (bicyclic) bond motifs is 2. The van der Waals surface area contributed by atoms with Gasteiger partial charge in [0.05, 0.1) is 17.0 Å². The van der Waals surface area contributed by atoms with Crippen molar-refractivity contribution >= 4 is 5.65 Å². The van der Waals surface area contributed by atoms with Crippen LogP contribution in [0.25, 0.3) is 16.9 Å². The van der Waals surface area contributed by atoms with Crippen molar-refractivity contribution in [2.24, 2.45) is 0 Å². The molecule has 0 radical (unpaired) electrons. The van der Waals surface area contributed by atoms with Crippen molar-refractivity contribution in [2.75, 3.05) is 0 Å². The summed E-state index contributed by atoms with van der Waals surface area (Å²) in [6.45, 7) is 0. The Morgan fingerprint density at radius 1 is 1.00 bits per heavy atom. The Morgan fingerprint density at radius 2 is 1.81 bits per heavy atom. The van der Waals surface area contributed by atoms with Crippen LogP contribution in [0, 0.1) is 11.6 Å². The maximum atomic E-state index is 14.1. The number of aryl methyl sites for hydroxylation is 1. The van der Waals surface area contributed by atoms with E-state index in [4.69, 9.17) is 0 Å². The monoisotopic (exact) mass is 362 g/mol. The van der Waals surface area contributed by atoms with Crippen LogP contribution >= 0.6 is 0 Å². The molecule has 1 unspecified atom stereocenters. The first kappa shape index (κ1) is 16.1. The van der Waals surface area contributed by atoms with E-state index in [1.165, 1.54) is 18.2 Å². The van der Waals surface area contributed by atoms with Gasteiger partial charge in [0.2, 0.25) is 0 Å². The highest BCUT2D eigenvalue weighted by atomic mass is 19.1. The average Bonchev–Trinajstić information content (AvgIpc) is 3.16. The molecule has 3 heterocycles. The maximum Gasteiger partial charge on any atom is 0.136 e. The Labute approximate surface area is 154 Å². The molecule has 5 rings (SSSR count). The molecule has 1 aliphatic carbocycles. The second-order valence-corrected chi connectivity index (χ2v) is 6.79. The topological polar surface area (TPSA) is 43.1 Å².